The van der Waals surface area contributed by atoms with Crippen molar-refractivity contribution >= 4 is 29.5 Å². The molecule has 2 heterocycles. The maximum Gasteiger partial charge on any atom is 0.416 e. The van der Waals surface area contributed by atoms with E-state index in [2.05, 4.69) is 49.0 Å². The first-order chi connectivity index (χ1) is 19.0. The summed E-state index contributed by atoms with van der Waals surface area (Å²) in [4.78, 5) is 30.6. The van der Waals surface area contributed by atoms with Crippen molar-refractivity contribution in [3.8, 4) is 0 Å². The van der Waals surface area contributed by atoms with Crippen molar-refractivity contribution in [3.63, 3.8) is 0 Å². The van der Waals surface area contributed by atoms with Crippen molar-refractivity contribution in [2.24, 2.45) is 20.7 Å². The summed E-state index contributed by atoms with van der Waals surface area (Å²) < 4.78 is 38.4. The normalized spacial score (nSPS) is 18.4. The predicted molar refractivity (Wildman–Crippen MR) is 151 cm³/mol. The third-order valence-corrected chi connectivity index (χ3v) is 6.53. The fraction of sp³-hybridized carbons (Fsp3) is 0.286. The third-order valence-electron chi connectivity index (χ3n) is 6.53. The highest BCUT2D eigenvalue weighted by molar-refractivity contribution is 6.41. The van der Waals surface area contributed by atoms with Gasteiger partial charge in [-0.2, -0.15) is 13.2 Å². The molecule has 0 saturated carbocycles. The average Bonchev–Trinajstić information content (AvgIpc) is 2.93. The molecule has 2 aliphatic rings. The maximum atomic E-state index is 12.8. The van der Waals surface area contributed by atoms with Gasteiger partial charge in [-0.05, 0) is 49.4 Å². The number of guanidine groups is 1. The summed E-state index contributed by atoms with van der Waals surface area (Å²) in [7, 11) is 2.07. The molecule has 210 valence electrons. The van der Waals surface area contributed by atoms with E-state index in [0.717, 1.165) is 43.9 Å². The van der Waals surface area contributed by atoms with Crippen molar-refractivity contribution in [1.29, 1.82) is 0 Å². The number of anilines is 1. The van der Waals surface area contributed by atoms with Crippen molar-refractivity contribution in [3.05, 3.63) is 89.0 Å². The van der Waals surface area contributed by atoms with Crippen LogP contribution in [0.4, 0.5) is 18.9 Å². The predicted octanol–water partition coefficient (Wildman–Crippen LogP) is 3.76. The molecule has 0 unspecified atom stereocenters. The van der Waals surface area contributed by atoms with E-state index >= 15 is 0 Å². The Kier molecular flexibility index (Phi) is 8.68. The van der Waals surface area contributed by atoms with Crippen molar-refractivity contribution in [2.75, 3.05) is 38.5 Å². The van der Waals surface area contributed by atoms with Crippen LogP contribution in [0.2, 0.25) is 0 Å². The van der Waals surface area contributed by atoms with Gasteiger partial charge in [-0.15, -0.1) is 0 Å². The van der Waals surface area contributed by atoms with Gasteiger partial charge in [-0.1, -0.05) is 24.8 Å². The molecular formula is C28H31F3N8O. The Labute approximate surface area is 230 Å². The second kappa shape index (κ2) is 12.2. The average molecular weight is 553 g/mol. The fourth-order valence-corrected chi connectivity index (χ4v) is 4.11. The van der Waals surface area contributed by atoms with Gasteiger partial charge in [0.05, 0.1) is 11.8 Å². The first-order valence-corrected chi connectivity index (χ1v) is 12.6. The van der Waals surface area contributed by atoms with Gasteiger partial charge in [0.1, 0.15) is 17.2 Å². The molecule has 1 saturated heterocycles. The SMILES string of the molecule is C=C/N=C1/C=NC(N2CCN(C)CC2)=N/C1=C(/N)Nc1cc(C(=O)NCc2ccc(C(F)(F)F)cc2)ccc1C. The number of nitrogens with two attached hydrogens (primary N) is 1. The number of hydrogen-bond donors (Lipinski definition) is 3. The van der Waals surface area contributed by atoms with Crippen LogP contribution in [0.15, 0.2) is 81.7 Å². The number of alkyl halides is 3. The summed E-state index contributed by atoms with van der Waals surface area (Å²) >= 11 is 0. The van der Waals surface area contributed by atoms with Crippen molar-refractivity contribution in [2.45, 2.75) is 19.6 Å². The summed E-state index contributed by atoms with van der Waals surface area (Å²) in [5.41, 5.74) is 8.89. The van der Waals surface area contributed by atoms with E-state index in [4.69, 9.17) is 5.73 Å². The van der Waals surface area contributed by atoms with Gasteiger partial charge >= 0.3 is 6.18 Å². The molecule has 12 heteroatoms. The highest BCUT2D eigenvalue weighted by atomic mass is 19.4. The zero-order chi connectivity index (χ0) is 28.9. The molecule has 0 atom stereocenters. The van der Waals surface area contributed by atoms with Crippen LogP contribution < -0.4 is 16.4 Å². The summed E-state index contributed by atoms with van der Waals surface area (Å²) in [6.45, 7) is 8.94. The van der Waals surface area contributed by atoms with Gasteiger partial charge in [0, 0.05) is 50.2 Å². The number of allylic oxidation sites excluding steroid dienone is 1. The largest absolute Gasteiger partial charge is 0.416 e. The smallest absolute Gasteiger partial charge is 0.383 e. The number of nitrogens with zero attached hydrogens (tertiary/aromatic N) is 5. The van der Waals surface area contributed by atoms with Crippen LogP contribution in [-0.4, -0.2) is 66.8 Å². The van der Waals surface area contributed by atoms with E-state index in [1.165, 1.54) is 18.3 Å². The van der Waals surface area contributed by atoms with Crippen LogP contribution in [0, 0.1) is 6.92 Å². The molecule has 2 aromatic carbocycles. The number of piperazine rings is 1. The maximum absolute atomic E-state index is 12.8. The number of carbonyl (C=O) groups is 1. The van der Waals surface area contributed by atoms with Crippen LogP contribution in [0.25, 0.3) is 0 Å². The van der Waals surface area contributed by atoms with Crippen LogP contribution in [0.3, 0.4) is 0 Å². The van der Waals surface area contributed by atoms with Gasteiger partial charge < -0.3 is 26.2 Å². The Morgan fingerprint density at radius 1 is 1.15 bits per heavy atom. The number of carbonyl (C=O) groups excluding carboxylic acids is 1. The van der Waals surface area contributed by atoms with E-state index in [-0.39, 0.29) is 18.3 Å². The molecule has 0 aliphatic carbocycles. The molecule has 2 aliphatic heterocycles. The lowest BCUT2D eigenvalue weighted by Crippen LogP contribution is -2.47. The molecule has 0 radical (unpaired) electrons. The number of nitrogens with one attached hydrogen (secondary N) is 2. The zero-order valence-corrected chi connectivity index (χ0v) is 22.3. The van der Waals surface area contributed by atoms with Crippen LogP contribution in [0.5, 0.6) is 0 Å². The Balaban J connectivity index is 1.51. The lowest BCUT2D eigenvalue weighted by atomic mass is 10.1. The molecule has 0 bridgehead atoms. The number of benzene rings is 2. The molecular weight excluding hydrogens is 521 g/mol. The van der Waals surface area contributed by atoms with Gasteiger partial charge in [0.2, 0.25) is 5.96 Å². The van der Waals surface area contributed by atoms with Crippen LogP contribution in [-0.2, 0) is 12.7 Å². The van der Waals surface area contributed by atoms with E-state index in [1.54, 1.807) is 24.4 Å². The molecule has 4 N–H and O–H groups in total. The molecule has 1 amide bonds. The van der Waals surface area contributed by atoms with Crippen LogP contribution in [0.1, 0.15) is 27.0 Å². The summed E-state index contributed by atoms with van der Waals surface area (Å²) in [6.07, 6.45) is -1.42. The van der Waals surface area contributed by atoms with Gasteiger partial charge in [-0.3, -0.25) is 9.79 Å². The lowest BCUT2D eigenvalue weighted by Gasteiger charge is -2.33. The highest BCUT2D eigenvalue weighted by Gasteiger charge is 2.30. The Hall–Kier alpha value is -4.45. The summed E-state index contributed by atoms with van der Waals surface area (Å²) in [5, 5.41) is 5.88. The molecule has 4 rings (SSSR count). The number of amides is 1. The van der Waals surface area contributed by atoms with Crippen molar-refractivity contribution < 1.29 is 18.0 Å². The zero-order valence-electron chi connectivity index (χ0n) is 22.3. The third kappa shape index (κ3) is 6.94. The number of aryl methyl sites for hydroxylation is 1. The minimum Gasteiger partial charge on any atom is -0.383 e. The molecule has 0 spiro atoms. The Bertz CT molecular complexity index is 1390. The number of hydrogen-bond acceptors (Lipinski definition) is 8. The van der Waals surface area contributed by atoms with E-state index in [0.29, 0.717) is 34.2 Å². The topological polar surface area (TPSA) is 111 Å². The van der Waals surface area contributed by atoms with E-state index in [9.17, 15) is 18.0 Å². The standard InChI is InChI=1S/C28H31F3N8O/c1-4-33-23-17-35-27(39-13-11-38(3)12-14-39)37-24(23)25(32)36-22-15-20(8-5-18(22)2)26(40)34-16-19-6-9-21(10-7-19)28(29,30)31/h4-10,15,17,36H,1,11-14,16,32H2,2-3H3,(H,34,40)/b25-24-,33-23-. The molecule has 1 fully saturated rings. The summed E-state index contributed by atoms with van der Waals surface area (Å²) in [6, 6.07) is 9.74. The van der Waals surface area contributed by atoms with Gasteiger partial charge in [0.25, 0.3) is 5.91 Å². The molecule has 40 heavy (non-hydrogen) atoms. The number of likely N-dealkylation sites (N-methyl/N-ethyl adjacent to an activating group) is 1. The Morgan fingerprint density at radius 2 is 1.85 bits per heavy atom. The van der Waals surface area contributed by atoms with Gasteiger partial charge in [-0.25, -0.2) is 9.98 Å². The van der Waals surface area contributed by atoms with E-state index < -0.39 is 11.7 Å². The Morgan fingerprint density at radius 3 is 2.50 bits per heavy atom. The van der Waals surface area contributed by atoms with Crippen molar-refractivity contribution in [1.82, 2.24) is 15.1 Å². The second-order valence-electron chi connectivity index (χ2n) is 9.45. The molecule has 0 aromatic heterocycles. The lowest BCUT2D eigenvalue weighted by molar-refractivity contribution is -0.137. The minimum atomic E-state index is -4.41. The first-order valence-electron chi connectivity index (χ1n) is 12.6. The molecule has 9 nitrogen and oxygen atoms in total. The molecule has 2 aromatic rings. The first kappa shape index (κ1) is 28.6. The monoisotopic (exact) mass is 552 g/mol. The highest BCUT2D eigenvalue weighted by Crippen LogP contribution is 2.29. The number of aliphatic imine (C=N–C) groups is 3. The fourth-order valence-electron chi connectivity index (χ4n) is 4.11. The summed E-state index contributed by atoms with van der Waals surface area (Å²) in [5.74, 6) is 0.385. The second-order valence-corrected chi connectivity index (χ2v) is 9.45. The van der Waals surface area contributed by atoms with Gasteiger partial charge in [0.15, 0.2) is 0 Å². The van der Waals surface area contributed by atoms with Crippen LogP contribution >= 0.6 is 0 Å². The minimum absolute atomic E-state index is 0.0737. The number of halogens is 3. The van der Waals surface area contributed by atoms with E-state index in [1.807, 2.05) is 6.92 Å². The number of rotatable bonds is 6. The quantitative estimate of drug-likeness (QED) is 0.506.